The summed E-state index contributed by atoms with van der Waals surface area (Å²) in [5.41, 5.74) is 2.75. The molecule has 2 aromatic rings. The van der Waals surface area contributed by atoms with E-state index < -0.39 is 0 Å². The van der Waals surface area contributed by atoms with E-state index in [0.717, 1.165) is 19.6 Å². The van der Waals surface area contributed by atoms with Crippen molar-refractivity contribution < 1.29 is 0 Å². The zero-order valence-electron chi connectivity index (χ0n) is 10.2. The lowest BCUT2D eigenvalue weighted by Crippen LogP contribution is -2.15. The highest BCUT2D eigenvalue weighted by molar-refractivity contribution is 5.81. The fourth-order valence-electron chi connectivity index (χ4n) is 2.15. The van der Waals surface area contributed by atoms with Crippen LogP contribution in [0.4, 0.5) is 0 Å². The number of nitrogens with one attached hydrogen (secondary N) is 1. The highest BCUT2D eigenvalue weighted by Crippen LogP contribution is 2.20. The summed E-state index contributed by atoms with van der Waals surface area (Å²) in [5.74, 6) is 0. The van der Waals surface area contributed by atoms with Crippen molar-refractivity contribution in [2.75, 3.05) is 6.54 Å². The third kappa shape index (κ3) is 2.12. The Morgan fingerprint density at radius 3 is 2.75 bits per heavy atom. The normalized spacial score (nSPS) is 11.1. The van der Waals surface area contributed by atoms with Gasteiger partial charge in [0.1, 0.15) is 0 Å². The third-order valence-electron chi connectivity index (χ3n) is 2.90. The molecule has 2 nitrogen and oxygen atoms in total. The molecule has 0 aliphatic carbocycles. The minimum atomic E-state index is 0.963. The van der Waals surface area contributed by atoms with E-state index in [2.05, 4.69) is 54.1 Å². The summed E-state index contributed by atoms with van der Waals surface area (Å²) in [4.78, 5) is 0. The predicted octanol–water partition coefficient (Wildman–Crippen LogP) is 3.16. The van der Waals surface area contributed by atoms with E-state index in [4.69, 9.17) is 0 Å². The fraction of sp³-hybridized carbons (Fsp3) is 0.429. The summed E-state index contributed by atoms with van der Waals surface area (Å²) in [6.45, 7) is 7.46. The van der Waals surface area contributed by atoms with Gasteiger partial charge in [0.05, 0.1) is 0 Å². The number of hydrogen-bond donors (Lipinski definition) is 1. The van der Waals surface area contributed by atoms with E-state index in [1.54, 1.807) is 0 Å². The number of aromatic nitrogens is 1. The lowest BCUT2D eigenvalue weighted by molar-refractivity contribution is 0.625. The lowest BCUT2D eigenvalue weighted by atomic mass is 10.2. The third-order valence-corrected chi connectivity index (χ3v) is 2.90. The van der Waals surface area contributed by atoms with Crippen LogP contribution in [-0.4, -0.2) is 11.1 Å². The van der Waals surface area contributed by atoms with Crippen LogP contribution in [0.1, 0.15) is 26.0 Å². The average Bonchev–Trinajstić information content (AvgIpc) is 2.66. The molecular weight excluding hydrogens is 196 g/mol. The quantitative estimate of drug-likeness (QED) is 0.812. The summed E-state index contributed by atoms with van der Waals surface area (Å²) < 4.78 is 2.43. The summed E-state index contributed by atoms with van der Waals surface area (Å²) in [6.07, 6.45) is 1.18. The van der Waals surface area contributed by atoms with Gasteiger partial charge in [0.15, 0.2) is 0 Å². The molecule has 0 unspecified atom stereocenters. The van der Waals surface area contributed by atoms with Gasteiger partial charge in [0.2, 0.25) is 0 Å². The molecule has 1 N–H and O–H groups in total. The van der Waals surface area contributed by atoms with Crippen LogP contribution in [0.25, 0.3) is 10.9 Å². The first kappa shape index (κ1) is 11.2. The lowest BCUT2D eigenvalue weighted by Gasteiger charge is -2.09. The monoisotopic (exact) mass is 216 g/mol. The van der Waals surface area contributed by atoms with E-state index in [1.807, 2.05) is 0 Å². The summed E-state index contributed by atoms with van der Waals surface area (Å²) in [6, 6.07) is 10.9. The van der Waals surface area contributed by atoms with Crippen molar-refractivity contribution in [3.63, 3.8) is 0 Å². The molecule has 0 bridgehead atoms. The molecule has 0 saturated heterocycles. The molecule has 1 aromatic heterocycles. The van der Waals surface area contributed by atoms with Gasteiger partial charge < -0.3 is 9.88 Å². The largest absolute Gasteiger partial charge is 0.343 e. The molecule has 0 atom stereocenters. The molecule has 0 aliphatic rings. The Morgan fingerprint density at radius 1 is 1.19 bits per heavy atom. The number of aryl methyl sites for hydroxylation is 1. The molecule has 86 valence electrons. The molecule has 0 spiro atoms. The molecular formula is C14H20N2. The van der Waals surface area contributed by atoms with Crippen LogP contribution in [0.2, 0.25) is 0 Å². The van der Waals surface area contributed by atoms with Crippen LogP contribution in [-0.2, 0) is 13.1 Å². The molecule has 0 amide bonds. The molecule has 2 heteroatoms. The SMILES string of the molecule is CCCn1c(CNCC)cc2ccccc21. The molecule has 16 heavy (non-hydrogen) atoms. The van der Waals surface area contributed by atoms with Gasteiger partial charge in [-0.25, -0.2) is 0 Å². The average molecular weight is 216 g/mol. The van der Waals surface area contributed by atoms with E-state index >= 15 is 0 Å². The van der Waals surface area contributed by atoms with E-state index in [9.17, 15) is 0 Å². The minimum absolute atomic E-state index is 0.963. The van der Waals surface area contributed by atoms with Crippen molar-refractivity contribution in [1.29, 1.82) is 0 Å². The first-order valence-corrected chi connectivity index (χ1v) is 6.14. The molecule has 0 fully saturated rings. The molecule has 1 aromatic carbocycles. The standard InChI is InChI=1S/C14H20N2/c1-3-9-16-13(11-15-4-2)10-12-7-5-6-8-14(12)16/h5-8,10,15H,3-4,9,11H2,1-2H3. The molecule has 0 aliphatic heterocycles. The highest BCUT2D eigenvalue weighted by atomic mass is 15.0. The highest BCUT2D eigenvalue weighted by Gasteiger charge is 2.06. The van der Waals surface area contributed by atoms with Gasteiger partial charge in [0, 0.05) is 24.3 Å². The van der Waals surface area contributed by atoms with Crippen molar-refractivity contribution in [3.8, 4) is 0 Å². The smallest absolute Gasteiger partial charge is 0.0482 e. The molecule has 1 heterocycles. The van der Waals surface area contributed by atoms with Crippen molar-refractivity contribution in [2.45, 2.75) is 33.4 Å². The molecule has 0 saturated carbocycles. The van der Waals surface area contributed by atoms with Gasteiger partial charge in [-0.3, -0.25) is 0 Å². The zero-order chi connectivity index (χ0) is 11.4. The van der Waals surface area contributed by atoms with Crippen LogP contribution in [0.3, 0.4) is 0 Å². The van der Waals surface area contributed by atoms with Gasteiger partial charge in [-0.15, -0.1) is 0 Å². The number of benzene rings is 1. The predicted molar refractivity (Wildman–Crippen MR) is 69.6 cm³/mol. The molecule has 0 radical (unpaired) electrons. The Labute approximate surface area is 97.3 Å². The van der Waals surface area contributed by atoms with E-state index in [1.165, 1.54) is 23.0 Å². The second-order valence-electron chi connectivity index (χ2n) is 4.13. The topological polar surface area (TPSA) is 17.0 Å². The maximum Gasteiger partial charge on any atom is 0.0482 e. The van der Waals surface area contributed by atoms with Crippen LogP contribution < -0.4 is 5.32 Å². The maximum atomic E-state index is 3.40. The fourth-order valence-corrected chi connectivity index (χ4v) is 2.15. The Bertz CT molecular complexity index is 457. The second kappa shape index (κ2) is 5.17. The van der Waals surface area contributed by atoms with Crippen molar-refractivity contribution in [2.24, 2.45) is 0 Å². The summed E-state index contributed by atoms with van der Waals surface area (Å²) in [7, 11) is 0. The van der Waals surface area contributed by atoms with Gasteiger partial charge >= 0.3 is 0 Å². The van der Waals surface area contributed by atoms with Crippen LogP contribution in [0.5, 0.6) is 0 Å². The summed E-state index contributed by atoms with van der Waals surface area (Å²) >= 11 is 0. The van der Waals surface area contributed by atoms with Crippen LogP contribution in [0, 0.1) is 0 Å². The second-order valence-corrected chi connectivity index (χ2v) is 4.13. The Morgan fingerprint density at radius 2 is 2.00 bits per heavy atom. The first-order valence-electron chi connectivity index (χ1n) is 6.14. The van der Waals surface area contributed by atoms with Gasteiger partial charge in [-0.2, -0.15) is 0 Å². The Hall–Kier alpha value is -1.28. The van der Waals surface area contributed by atoms with Crippen LogP contribution >= 0.6 is 0 Å². The zero-order valence-corrected chi connectivity index (χ0v) is 10.2. The number of fused-ring (bicyclic) bond motifs is 1. The van der Waals surface area contributed by atoms with Gasteiger partial charge in [-0.05, 0) is 30.5 Å². The molecule has 2 rings (SSSR count). The number of nitrogens with zero attached hydrogens (tertiary/aromatic N) is 1. The van der Waals surface area contributed by atoms with E-state index in [0.29, 0.717) is 0 Å². The van der Waals surface area contributed by atoms with Gasteiger partial charge in [-0.1, -0.05) is 32.0 Å². The maximum absolute atomic E-state index is 3.40. The number of para-hydroxylation sites is 1. The Kier molecular flexibility index (Phi) is 3.62. The van der Waals surface area contributed by atoms with Crippen molar-refractivity contribution in [3.05, 3.63) is 36.0 Å². The minimum Gasteiger partial charge on any atom is -0.343 e. The number of hydrogen-bond acceptors (Lipinski definition) is 1. The summed E-state index contributed by atoms with van der Waals surface area (Å²) in [5, 5.41) is 4.75. The van der Waals surface area contributed by atoms with E-state index in [-0.39, 0.29) is 0 Å². The first-order chi connectivity index (χ1) is 7.86. The van der Waals surface area contributed by atoms with Gasteiger partial charge in [0.25, 0.3) is 0 Å². The number of rotatable bonds is 5. The van der Waals surface area contributed by atoms with Crippen molar-refractivity contribution >= 4 is 10.9 Å². The Balaban J connectivity index is 2.41. The van der Waals surface area contributed by atoms with Crippen molar-refractivity contribution in [1.82, 2.24) is 9.88 Å². The van der Waals surface area contributed by atoms with Crippen LogP contribution in [0.15, 0.2) is 30.3 Å².